The van der Waals surface area contributed by atoms with E-state index in [-0.39, 0.29) is 29.4 Å². The van der Waals surface area contributed by atoms with Gasteiger partial charge in [0.15, 0.2) is 0 Å². The molecule has 0 radical (unpaired) electrons. The monoisotopic (exact) mass is 252 g/mol. The van der Waals surface area contributed by atoms with Gasteiger partial charge >= 0.3 is 5.97 Å². The summed E-state index contributed by atoms with van der Waals surface area (Å²) in [6, 6.07) is 1.32. The number of nitrogen functional groups attached to an aromatic ring is 1. The fourth-order valence-corrected chi connectivity index (χ4v) is 1.36. The van der Waals surface area contributed by atoms with Gasteiger partial charge in [-0.05, 0) is 13.0 Å². The minimum absolute atomic E-state index is 0.00843. The summed E-state index contributed by atoms with van der Waals surface area (Å²) in [5, 5.41) is 14.4. The van der Waals surface area contributed by atoms with Crippen LogP contribution in [0.3, 0.4) is 0 Å². The number of carboxylic acid groups (broad SMARTS) is 1. The zero-order valence-electron chi connectivity index (χ0n) is 10.1. The zero-order chi connectivity index (χ0) is 13.5. The van der Waals surface area contributed by atoms with Crippen LogP contribution in [0.5, 0.6) is 0 Å². The lowest BCUT2D eigenvalue weighted by Gasteiger charge is -2.08. The second-order valence-corrected chi connectivity index (χ2v) is 3.60. The lowest BCUT2D eigenvalue weighted by Crippen LogP contribution is -2.25. The van der Waals surface area contributed by atoms with E-state index in [9.17, 15) is 9.59 Å². The summed E-state index contributed by atoms with van der Waals surface area (Å²) in [5.41, 5.74) is 5.73. The van der Waals surface area contributed by atoms with E-state index in [0.717, 1.165) is 0 Å². The first-order chi connectivity index (χ1) is 8.54. The van der Waals surface area contributed by atoms with Crippen molar-refractivity contribution < 1.29 is 14.7 Å². The first-order valence-electron chi connectivity index (χ1n) is 5.54. The maximum absolute atomic E-state index is 11.2. The number of amides is 1. The van der Waals surface area contributed by atoms with Gasteiger partial charge in [-0.15, -0.1) is 0 Å². The van der Waals surface area contributed by atoms with Crippen molar-refractivity contribution in [3.8, 4) is 0 Å². The van der Waals surface area contributed by atoms with E-state index in [1.165, 1.54) is 12.3 Å². The number of aromatic carboxylic acids is 1. The molecule has 0 saturated carbocycles. The molecular formula is C11H16N4O3. The van der Waals surface area contributed by atoms with Crippen LogP contribution in [-0.2, 0) is 4.79 Å². The summed E-state index contributed by atoms with van der Waals surface area (Å²) in [6.07, 6.45) is 1.61. The van der Waals surface area contributed by atoms with Gasteiger partial charge in [0.05, 0.1) is 11.9 Å². The number of nitrogens with zero attached hydrogens (tertiary/aromatic N) is 1. The molecule has 0 aromatic carbocycles. The molecule has 0 unspecified atom stereocenters. The molecule has 0 bridgehead atoms. The topological polar surface area (TPSA) is 117 Å². The highest BCUT2D eigenvalue weighted by Gasteiger charge is 2.11. The summed E-state index contributed by atoms with van der Waals surface area (Å²) < 4.78 is 0. The highest BCUT2D eigenvalue weighted by atomic mass is 16.4. The van der Waals surface area contributed by atoms with Gasteiger partial charge in [-0.1, -0.05) is 0 Å². The Morgan fingerprint density at radius 3 is 2.83 bits per heavy atom. The summed E-state index contributed by atoms with van der Waals surface area (Å²) >= 11 is 0. The molecule has 0 aliphatic heterocycles. The van der Waals surface area contributed by atoms with E-state index >= 15 is 0 Å². The van der Waals surface area contributed by atoms with Gasteiger partial charge in [0.25, 0.3) is 0 Å². The second kappa shape index (κ2) is 6.43. The summed E-state index contributed by atoms with van der Waals surface area (Å²) in [7, 11) is 0. The van der Waals surface area contributed by atoms with Gasteiger partial charge in [-0.25, -0.2) is 9.78 Å². The molecule has 1 aromatic rings. The van der Waals surface area contributed by atoms with E-state index in [2.05, 4.69) is 15.6 Å². The van der Waals surface area contributed by atoms with Crippen molar-refractivity contribution >= 4 is 23.4 Å². The van der Waals surface area contributed by atoms with E-state index in [1.54, 1.807) is 0 Å². The maximum Gasteiger partial charge on any atom is 0.339 e. The lowest BCUT2D eigenvalue weighted by atomic mass is 10.2. The molecular weight excluding hydrogens is 236 g/mol. The van der Waals surface area contributed by atoms with Gasteiger partial charge in [0.1, 0.15) is 11.4 Å². The van der Waals surface area contributed by atoms with Crippen LogP contribution >= 0.6 is 0 Å². The largest absolute Gasteiger partial charge is 0.478 e. The molecule has 0 aliphatic carbocycles. The third kappa shape index (κ3) is 3.93. The van der Waals surface area contributed by atoms with Crippen LogP contribution in [0, 0.1) is 0 Å². The molecule has 7 nitrogen and oxygen atoms in total. The minimum Gasteiger partial charge on any atom is -0.478 e. The van der Waals surface area contributed by atoms with Crippen LogP contribution < -0.4 is 16.4 Å². The van der Waals surface area contributed by atoms with E-state index < -0.39 is 5.97 Å². The molecule has 5 N–H and O–H groups in total. The van der Waals surface area contributed by atoms with Gasteiger partial charge < -0.3 is 21.5 Å². The van der Waals surface area contributed by atoms with Crippen LogP contribution in [0.15, 0.2) is 12.3 Å². The number of hydrogen-bond donors (Lipinski definition) is 4. The molecule has 0 saturated heterocycles. The highest BCUT2D eigenvalue weighted by molar-refractivity contribution is 5.94. The smallest absolute Gasteiger partial charge is 0.339 e. The predicted molar refractivity (Wildman–Crippen MR) is 67.4 cm³/mol. The van der Waals surface area contributed by atoms with Crippen molar-refractivity contribution in [2.45, 2.75) is 13.3 Å². The van der Waals surface area contributed by atoms with Crippen LogP contribution in [0.1, 0.15) is 23.7 Å². The average Bonchev–Trinajstić information content (AvgIpc) is 2.31. The second-order valence-electron chi connectivity index (χ2n) is 3.60. The number of carbonyl (C=O) groups is 2. The number of rotatable bonds is 6. The Balaban J connectivity index is 2.62. The molecule has 0 fully saturated rings. The Morgan fingerprint density at radius 2 is 2.22 bits per heavy atom. The molecule has 98 valence electrons. The number of hydrogen-bond acceptors (Lipinski definition) is 5. The fourth-order valence-electron chi connectivity index (χ4n) is 1.36. The fraction of sp³-hybridized carbons (Fsp3) is 0.364. The normalized spacial score (nSPS) is 9.83. The van der Waals surface area contributed by atoms with Crippen LogP contribution in [0.4, 0.5) is 11.5 Å². The van der Waals surface area contributed by atoms with E-state index in [1.807, 2.05) is 6.92 Å². The Kier molecular flexibility index (Phi) is 4.91. The van der Waals surface area contributed by atoms with Crippen molar-refractivity contribution in [1.29, 1.82) is 0 Å². The average molecular weight is 252 g/mol. The van der Waals surface area contributed by atoms with Crippen molar-refractivity contribution in [2.75, 3.05) is 24.1 Å². The summed E-state index contributed by atoms with van der Waals surface area (Å²) in [5.74, 6) is -1.01. The summed E-state index contributed by atoms with van der Waals surface area (Å²) in [6.45, 7) is 2.71. The summed E-state index contributed by atoms with van der Waals surface area (Å²) in [4.78, 5) is 26.1. The SMILES string of the molecule is CCNC(=O)CCNc1ncc(N)cc1C(=O)O. The molecule has 18 heavy (non-hydrogen) atoms. The third-order valence-electron chi connectivity index (χ3n) is 2.16. The van der Waals surface area contributed by atoms with Gasteiger partial charge in [-0.3, -0.25) is 4.79 Å². The molecule has 1 heterocycles. The van der Waals surface area contributed by atoms with Crippen molar-refractivity contribution in [2.24, 2.45) is 0 Å². The molecule has 1 aromatic heterocycles. The number of carbonyl (C=O) groups excluding carboxylic acids is 1. The molecule has 0 atom stereocenters. The predicted octanol–water partition coefficient (Wildman–Crippen LogP) is 0.300. The number of nitrogens with one attached hydrogen (secondary N) is 2. The van der Waals surface area contributed by atoms with Gasteiger partial charge in [0, 0.05) is 19.5 Å². The first-order valence-corrected chi connectivity index (χ1v) is 5.54. The van der Waals surface area contributed by atoms with E-state index in [4.69, 9.17) is 10.8 Å². The van der Waals surface area contributed by atoms with Crippen LogP contribution in [0.25, 0.3) is 0 Å². The van der Waals surface area contributed by atoms with Gasteiger partial charge in [0.2, 0.25) is 5.91 Å². The molecule has 1 rings (SSSR count). The van der Waals surface area contributed by atoms with E-state index in [0.29, 0.717) is 13.1 Å². The minimum atomic E-state index is -1.12. The zero-order valence-corrected chi connectivity index (χ0v) is 10.1. The molecule has 7 heteroatoms. The Labute approximate surface area is 104 Å². The van der Waals surface area contributed by atoms with Crippen molar-refractivity contribution in [3.63, 3.8) is 0 Å². The molecule has 0 aliphatic rings. The molecule has 0 spiro atoms. The Morgan fingerprint density at radius 1 is 1.50 bits per heavy atom. The van der Waals surface area contributed by atoms with Crippen molar-refractivity contribution in [3.05, 3.63) is 17.8 Å². The lowest BCUT2D eigenvalue weighted by molar-refractivity contribution is -0.120. The number of carboxylic acids is 1. The molecule has 1 amide bonds. The van der Waals surface area contributed by atoms with Crippen LogP contribution in [-0.4, -0.2) is 35.1 Å². The first kappa shape index (κ1) is 13.8. The van der Waals surface area contributed by atoms with Gasteiger partial charge in [-0.2, -0.15) is 0 Å². The van der Waals surface area contributed by atoms with Crippen LogP contribution in [0.2, 0.25) is 0 Å². The number of pyridine rings is 1. The highest BCUT2D eigenvalue weighted by Crippen LogP contribution is 2.15. The van der Waals surface area contributed by atoms with Crippen molar-refractivity contribution in [1.82, 2.24) is 10.3 Å². The maximum atomic E-state index is 11.2. The third-order valence-corrected chi connectivity index (χ3v) is 2.16. The standard InChI is InChI=1S/C11H16N4O3/c1-2-13-9(16)3-4-14-10-8(11(17)18)5-7(12)6-15-10/h5-6H,2-4,12H2,1H3,(H,13,16)(H,14,15)(H,17,18). The number of anilines is 2. The Bertz CT molecular complexity index is 448. The number of nitrogens with two attached hydrogens (primary N) is 1. The quantitative estimate of drug-likeness (QED) is 0.578. The number of aromatic nitrogens is 1. The Hall–Kier alpha value is -2.31.